The van der Waals surface area contributed by atoms with Crippen molar-refractivity contribution in [1.29, 1.82) is 0 Å². The molecule has 0 amide bonds. The van der Waals surface area contributed by atoms with Crippen LogP contribution in [-0.4, -0.2) is 15.1 Å². The molecule has 4 aromatic rings. The second-order valence-electron chi connectivity index (χ2n) is 9.49. The van der Waals surface area contributed by atoms with Crippen molar-refractivity contribution >= 4 is 0 Å². The molecule has 0 saturated carbocycles. The Bertz CT molecular complexity index is 1180. The van der Waals surface area contributed by atoms with Crippen molar-refractivity contribution in [2.24, 2.45) is 11.7 Å². The normalized spacial score (nSPS) is 13.4. The highest BCUT2D eigenvalue weighted by Gasteiger charge is 2.23. The van der Waals surface area contributed by atoms with Gasteiger partial charge in [-0.05, 0) is 67.5 Å². The van der Waals surface area contributed by atoms with Gasteiger partial charge in [-0.1, -0.05) is 61.5 Å². The number of hydrogen-bond donors (Lipinski definition) is 1. The maximum atomic E-state index is 6.05. The lowest BCUT2D eigenvalue weighted by Gasteiger charge is -2.21. The fraction of sp³-hybridized carbons (Fsp3) is 0.321. The van der Waals surface area contributed by atoms with Crippen LogP contribution in [0.15, 0.2) is 77.4 Å². The topological polar surface area (TPSA) is 87.1 Å². The molecule has 0 spiro atoms. The Labute approximate surface area is 201 Å². The van der Waals surface area contributed by atoms with Gasteiger partial charge in [-0.15, -0.1) is 0 Å². The van der Waals surface area contributed by atoms with Gasteiger partial charge in [0.2, 0.25) is 11.7 Å². The van der Waals surface area contributed by atoms with Crippen molar-refractivity contribution in [3.05, 3.63) is 95.6 Å². The van der Waals surface area contributed by atoms with Gasteiger partial charge >= 0.3 is 0 Å². The van der Waals surface area contributed by atoms with E-state index in [9.17, 15) is 0 Å². The van der Waals surface area contributed by atoms with Gasteiger partial charge < -0.3 is 15.0 Å². The Morgan fingerprint density at radius 2 is 1.71 bits per heavy atom. The SMILES string of the molecule is CC(Cc1ccc(OCc2ccccn2)cc1)C(C)c1ccc(-c2noc(C(C)(C)N)n2)cc1. The Morgan fingerprint density at radius 1 is 0.971 bits per heavy atom. The predicted octanol–water partition coefficient (Wildman–Crippen LogP) is 5.89. The molecule has 4 rings (SSSR count). The number of hydrogen-bond acceptors (Lipinski definition) is 6. The lowest BCUT2D eigenvalue weighted by molar-refractivity contribution is 0.301. The zero-order chi connectivity index (χ0) is 24.1. The monoisotopic (exact) mass is 456 g/mol. The number of nitrogens with two attached hydrogens (primary N) is 1. The van der Waals surface area contributed by atoms with Crippen LogP contribution in [0.4, 0.5) is 0 Å². The summed E-state index contributed by atoms with van der Waals surface area (Å²) >= 11 is 0. The van der Waals surface area contributed by atoms with E-state index < -0.39 is 5.54 Å². The van der Waals surface area contributed by atoms with E-state index in [1.165, 1.54) is 11.1 Å². The van der Waals surface area contributed by atoms with Crippen molar-refractivity contribution < 1.29 is 9.26 Å². The molecule has 0 bridgehead atoms. The van der Waals surface area contributed by atoms with Crippen molar-refractivity contribution in [2.45, 2.75) is 52.2 Å². The van der Waals surface area contributed by atoms with Gasteiger partial charge in [0.25, 0.3) is 0 Å². The first-order chi connectivity index (χ1) is 16.3. The summed E-state index contributed by atoms with van der Waals surface area (Å²) in [5.41, 5.74) is 9.82. The molecule has 6 heteroatoms. The quantitative estimate of drug-likeness (QED) is 0.338. The van der Waals surface area contributed by atoms with E-state index in [1.54, 1.807) is 6.20 Å². The molecule has 0 fully saturated rings. The van der Waals surface area contributed by atoms with Crippen LogP contribution in [0.25, 0.3) is 11.4 Å². The van der Waals surface area contributed by atoms with Crippen molar-refractivity contribution in [1.82, 2.24) is 15.1 Å². The van der Waals surface area contributed by atoms with E-state index in [-0.39, 0.29) is 0 Å². The van der Waals surface area contributed by atoms with E-state index in [4.69, 9.17) is 15.0 Å². The summed E-state index contributed by atoms with van der Waals surface area (Å²) in [5.74, 6) is 2.72. The highest BCUT2D eigenvalue weighted by molar-refractivity contribution is 5.55. The first kappa shape index (κ1) is 23.6. The molecule has 0 aliphatic heterocycles. The third-order valence-corrected chi connectivity index (χ3v) is 6.12. The molecule has 2 atom stereocenters. The van der Waals surface area contributed by atoms with E-state index in [0.29, 0.717) is 30.2 Å². The molecule has 2 aromatic carbocycles. The van der Waals surface area contributed by atoms with Crippen molar-refractivity contribution in [3.8, 4) is 17.1 Å². The third kappa shape index (κ3) is 5.88. The average Bonchev–Trinajstić information content (AvgIpc) is 3.35. The van der Waals surface area contributed by atoms with Gasteiger partial charge in [-0.2, -0.15) is 4.98 Å². The first-order valence-electron chi connectivity index (χ1n) is 11.6. The molecule has 0 saturated heterocycles. The van der Waals surface area contributed by atoms with E-state index in [2.05, 4.69) is 53.2 Å². The van der Waals surface area contributed by atoms with Crippen molar-refractivity contribution in [3.63, 3.8) is 0 Å². The molecule has 34 heavy (non-hydrogen) atoms. The lowest BCUT2D eigenvalue weighted by atomic mass is 9.84. The van der Waals surface area contributed by atoms with E-state index in [0.717, 1.165) is 23.4 Å². The number of rotatable bonds is 9. The van der Waals surface area contributed by atoms with Crippen LogP contribution < -0.4 is 10.5 Å². The van der Waals surface area contributed by atoms with Crippen LogP contribution in [0.1, 0.15) is 56.3 Å². The zero-order valence-corrected chi connectivity index (χ0v) is 20.2. The third-order valence-electron chi connectivity index (χ3n) is 6.12. The van der Waals surface area contributed by atoms with Gasteiger partial charge in [-0.25, -0.2) is 0 Å². The minimum Gasteiger partial charge on any atom is -0.487 e. The first-order valence-corrected chi connectivity index (χ1v) is 11.6. The van der Waals surface area contributed by atoms with Gasteiger partial charge in [0.1, 0.15) is 12.4 Å². The number of benzene rings is 2. The molecule has 2 N–H and O–H groups in total. The summed E-state index contributed by atoms with van der Waals surface area (Å²) in [4.78, 5) is 8.73. The second-order valence-corrected chi connectivity index (χ2v) is 9.49. The maximum absolute atomic E-state index is 6.05. The summed E-state index contributed by atoms with van der Waals surface area (Å²) in [6, 6.07) is 22.6. The largest absolute Gasteiger partial charge is 0.487 e. The molecule has 6 nitrogen and oxygen atoms in total. The Morgan fingerprint density at radius 3 is 2.32 bits per heavy atom. The smallest absolute Gasteiger partial charge is 0.246 e. The summed E-state index contributed by atoms with van der Waals surface area (Å²) < 4.78 is 11.2. The fourth-order valence-corrected chi connectivity index (χ4v) is 3.78. The number of pyridine rings is 1. The fourth-order valence-electron chi connectivity index (χ4n) is 3.78. The number of ether oxygens (including phenoxy) is 1. The zero-order valence-electron chi connectivity index (χ0n) is 20.2. The number of aromatic nitrogens is 3. The van der Waals surface area contributed by atoms with Gasteiger partial charge in [-0.3, -0.25) is 4.98 Å². The van der Waals surface area contributed by atoms with Gasteiger partial charge in [0.05, 0.1) is 11.2 Å². The van der Waals surface area contributed by atoms with Crippen LogP contribution in [-0.2, 0) is 18.6 Å². The molecule has 0 aliphatic carbocycles. The summed E-state index contributed by atoms with van der Waals surface area (Å²) in [5, 5.41) is 4.08. The Hall–Kier alpha value is -3.51. The van der Waals surface area contributed by atoms with E-state index >= 15 is 0 Å². The van der Waals surface area contributed by atoms with Gasteiger partial charge in [0, 0.05) is 11.8 Å². The predicted molar refractivity (Wildman–Crippen MR) is 133 cm³/mol. The van der Waals surface area contributed by atoms with Crippen molar-refractivity contribution in [2.75, 3.05) is 0 Å². The van der Waals surface area contributed by atoms with Gasteiger partial charge in [0.15, 0.2) is 0 Å². The van der Waals surface area contributed by atoms with Crippen LogP contribution in [0.2, 0.25) is 0 Å². The molecule has 2 aromatic heterocycles. The van der Waals surface area contributed by atoms with Crippen LogP contribution >= 0.6 is 0 Å². The number of nitrogens with zero attached hydrogens (tertiary/aromatic N) is 3. The summed E-state index contributed by atoms with van der Waals surface area (Å²) in [6.45, 7) is 8.73. The summed E-state index contributed by atoms with van der Waals surface area (Å²) in [7, 11) is 0. The molecule has 2 unspecified atom stereocenters. The molecular weight excluding hydrogens is 424 g/mol. The second kappa shape index (κ2) is 10.2. The average molecular weight is 457 g/mol. The maximum Gasteiger partial charge on any atom is 0.246 e. The van der Waals surface area contributed by atoms with Crippen LogP contribution in [0, 0.1) is 5.92 Å². The molecular formula is C28H32N4O2. The Balaban J connectivity index is 1.34. The highest BCUT2D eigenvalue weighted by Crippen LogP contribution is 2.29. The molecule has 176 valence electrons. The van der Waals surface area contributed by atoms with Crippen LogP contribution in [0.5, 0.6) is 5.75 Å². The van der Waals surface area contributed by atoms with E-state index in [1.807, 2.05) is 56.3 Å². The minimum atomic E-state index is -0.654. The lowest BCUT2D eigenvalue weighted by Crippen LogP contribution is -2.28. The van der Waals surface area contributed by atoms with Crippen LogP contribution in [0.3, 0.4) is 0 Å². The Kier molecular flexibility index (Phi) is 7.08. The molecule has 0 aliphatic rings. The molecule has 2 heterocycles. The standard InChI is InChI=1S/C28H32N4O2/c1-19(17-21-8-14-25(15-9-21)33-18-24-7-5-6-16-30-24)20(2)22-10-12-23(13-11-22)26-31-27(34-32-26)28(3,4)29/h5-16,19-20H,17-18,29H2,1-4H3. The highest BCUT2D eigenvalue weighted by atomic mass is 16.5. The molecule has 0 radical (unpaired) electrons. The summed E-state index contributed by atoms with van der Waals surface area (Å²) in [6.07, 6.45) is 2.77. The minimum absolute atomic E-state index is 0.401.